The maximum atomic E-state index is 3.73. The Balaban J connectivity index is 2.42. The molecule has 1 rings (SSSR count). The molecule has 19 heavy (non-hydrogen) atoms. The van der Waals surface area contributed by atoms with Crippen LogP contribution < -0.4 is 5.32 Å². The Bertz CT molecular complexity index is 350. The van der Waals surface area contributed by atoms with Gasteiger partial charge in [0.15, 0.2) is 0 Å². The first-order chi connectivity index (χ1) is 9.02. The van der Waals surface area contributed by atoms with Crippen LogP contribution in [-0.2, 0) is 0 Å². The van der Waals surface area contributed by atoms with Gasteiger partial charge in [-0.3, -0.25) is 0 Å². The van der Waals surface area contributed by atoms with Gasteiger partial charge in [-0.2, -0.15) is 0 Å². The first kappa shape index (κ1) is 16.2. The van der Waals surface area contributed by atoms with Gasteiger partial charge in [0, 0.05) is 12.1 Å². The molecule has 0 saturated carbocycles. The molecule has 108 valence electrons. The van der Waals surface area contributed by atoms with Crippen molar-refractivity contribution in [1.82, 2.24) is 5.32 Å². The van der Waals surface area contributed by atoms with Gasteiger partial charge in [-0.25, -0.2) is 0 Å². The van der Waals surface area contributed by atoms with E-state index in [2.05, 4.69) is 58.1 Å². The van der Waals surface area contributed by atoms with Crippen LogP contribution >= 0.6 is 0 Å². The van der Waals surface area contributed by atoms with Gasteiger partial charge < -0.3 is 5.32 Å². The molecule has 0 amide bonds. The minimum atomic E-state index is 0.444. The molecular weight excluding hydrogens is 230 g/mol. The van der Waals surface area contributed by atoms with Crippen molar-refractivity contribution in [2.75, 3.05) is 0 Å². The minimum Gasteiger partial charge on any atom is -0.308 e. The van der Waals surface area contributed by atoms with Gasteiger partial charge in [0.1, 0.15) is 0 Å². The van der Waals surface area contributed by atoms with E-state index in [1.807, 2.05) is 0 Å². The second kappa shape index (κ2) is 8.37. The SMILES string of the molecule is CCCCCCC(C)NC(C)c1cc(C)cc(C)c1. The Labute approximate surface area is 119 Å². The van der Waals surface area contributed by atoms with E-state index in [-0.39, 0.29) is 0 Å². The zero-order valence-corrected chi connectivity index (χ0v) is 13.4. The molecule has 2 unspecified atom stereocenters. The molecule has 1 heteroatoms. The average molecular weight is 261 g/mol. The molecule has 0 aliphatic heterocycles. The summed E-state index contributed by atoms with van der Waals surface area (Å²) in [7, 11) is 0. The van der Waals surface area contributed by atoms with Crippen LogP contribution in [0.1, 0.15) is 75.6 Å². The van der Waals surface area contributed by atoms with Crippen molar-refractivity contribution in [2.45, 2.75) is 78.8 Å². The number of benzene rings is 1. The van der Waals surface area contributed by atoms with E-state index in [9.17, 15) is 0 Å². The zero-order chi connectivity index (χ0) is 14.3. The van der Waals surface area contributed by atoms with Crippen LogP contribution in [0.5, 0.6) is 0 Å². The van der Waals surface area contributed by atoms with Crippen molar-refractivity contribution in [3.63, 3.8) is 0 Å². The second-order valence-electron chi connectivity index (χ2n) is 6.06. The van der Waals surface area contributed by atoms with Crippen LogP contribution in [-0.4, -0.2) is 6.04 Å². The Morgan fingerprint density at radius 1 is 0.947 bits per heavy atom. The highest BCUT2D eigenvalue weighted by molar-refractivity contribution is 5.30. The third-order valence-electron chi connectivity index (χ3n) is 3.77. The molecular formula is C18H31N. The molecule has 0 bridgehead atoms. The molecule has 0 aliphatic carbocycles. The molecule has 1 nitrogen and oxygen atoms in total. The zero-order valence-electron chi connectivity index (χ0n) is 13.4. The van der Waals surface area contributed by atoms with Gasteiger partial charge >= 0.3 is 0 Å². The predicted octanol–water partition coefficient (Wildman–Crippen LogP) is 5.31. The van der Waals surface area contributed by atoms with Gasteiger partial charge in [-0.1, -0.05) is 61.9 Å². The van der Waals surface area contributed by atoms with Gasteiger partial charge in [0.05, 0.1) is 0 Å². The molecule has 0 fully saturated rings. The van der Waals surface area contributed by atoms with E-state index >= 15 is 0 Å². The quantitative estimate of drug-likeness (QED) is 0.625. The Kier molecular flexibility index (Phi) is 7.15. The van der Waals surface area contributed by atoms with Crippen LogP contribution in [0.15, 0.2) is 18.2 Å². The molecule has 0 saturated heterocycles. The Hall–Kier alpha value is -0.820. The summed E-state index contributed by atoms with van der Waals surface area (Å²) < 4.78 is 0. The van der Waals surface area contributed by atoms with Crippen molar-refractivity contribution in [2.24, 2.45) is 0 Å². The summed E-state index contributed by atoms with van der Waals surface area (Å²) in [5, 5.41) is 3.73. The van der Waals surface area contributed by atoms with E-state index in [4.69, 9.17) is 0 Å². The van der Waals surface area contributed by atoms with Crippen molar-refractivity contribution < 1.29 is 0 Å². The first-order valence-corrected chi connectivity index (χ1v) is 7.87. The molecule has 0 aromatic heterocycles. The molecule has 2 atom stereocenters. The summed E-state index contributed by atoms with van der Waals surface area (Å²) in [6.07, 6.45) is 6.71. The van der Waals surface area contributed by atoms with Gasteiger partial charge in [-0.15, -0.1) is 0 Å². The fourth-order valence-corrected chi connectivity index (χ4v) is 2.74. The Morgan fingerprint density at radius 2 is 1.58 bits per heavy atom. The lowest BCUT2D eigenvalue weighted by Gasteiger charge is -2.21. The van der Waals surface area contributed by atoms with E-state index in [1.54, 1.807) is 0 Å². The van der Waals surface area contributed by atoms with E-state index < -0.39 is 0 Å². The average Bonchev–Trinajstić information content (AvgIpc) is 2.33. The number of hydrogen-bond acceptors (Lipinski definition) is 1. The number of aryl methyl sites for hydroxylation is 2. The van der Waals surface area contributed by atoms with Gasteiger partial charge in [0.2, 0.25) is 0 Å². The summed E-state index contributed by atoms with van der Waals surface area (Å²) >= 11 is 0. The van der Waals surface area contributed by atoms with Crippen molar-refractivity contribution >= 4 is 0 Å². The van der Waals surface area contributed by atoms with Gasteiger partial charge in [0.25, 0.3) is 0 Å². The molecule has 1 N–H and O–H groups in total. The first-order valence-electron chi connectivity index (χ1n) is 7.87. The van der Waals surface area contributed by atoms with Gasteiger partial charge in [-0.05, 0) is 39.7 Å². The summed E-state index contributed by atoms with van der Waals surface area (Å²) in [5.41, 5.74) is 4.14. The minimum absolute atomic E-state index is 0.444. The molecule has 0 spiro atoms. The second-order valence-corrected chi connectivity index (χ2v) is 6.06. The topological polar surface area (TPSA) is 12.0 Å². The highest BCUT2D eigenvalue weighted by atomic mass is 14.9. The highest BCUT2D eigenvalue weighted by Gasteiger charge is 2.09. The normalized spacial score (nSPS) is 14.4. The third-order valence-corrected chi connectivity index (χ3v) is 3.77. The molecule has 0 heterocycles. The van der Waals surface area contributed by atoms with Crippen molar-refractivity contribution in [1.29, 1.82) is 0 Å². The van der Waals surface area contributed by atoms with Crippen LogP contribution in [0.2, 0.25) is 0 Å². The third kappa shape index (κ3) is 6.24. The summed E-state index contributed by atoms with van der Waals surface area (Å²) in [4.78, 5) is 0. The molecule has 0 aliphatic rings. The fraction of sp³-hybridized carbons (Fsp3) is 0.667. The smallest absolute Gasteiger partial charge is 0.0294 e. The number of hydrogen-bond donors (Lipinski definition) is 1. The predicted molar refractivity (Wildman–Crippen MR) is 85.7 cm³/mol. The van der Waals surface area contributed by atoms with Crippen LogP contribution in [0.25, 0.3) is 0 Å². The summed E-state index contributed by atoms with van der Waals surface area (Å²) in [6.45, 7) is 11.2. The number of rotatable bonds is 8. The number of nitrogens with one attached hydrogen (secondary N) is 1. The lowest BCUT2D eigenvalue weighted by Crippen LogP contribution is -2.28. The fourth-order valence-electron chi connectivity index (χ4n) is 2.74. The lowest BCUT2D eigenvalue weighted by atomic mass is 10.0. The standard InChI is InChI=1S/C18H31N/c1-6-7-8-9-10-16(4)19-17(5)18-12-14(2)11-15(3)13-18/h11-13,16-17,19H,6-10H2,1-5H3. The lowest BCUT2D eigenvalue weighted by molar-refractivity contribution is 0.437. The Morgan fingerprint density at radius 3 is 2.16 bits per heavy atom. The van der Waals surface area contributed by atoms with Crippen molar-refractivity contribution in [3.8, 4) is 0 Å². The van der Waals surface area contributed by atoms with Crippen molar-refractivity contribution in [3.05, 3.63) is 34.9 Å². The highest BCUT2D eigenvalue weighted by Crippen LogP contribution is 2.18. The summed E-state index contributed by atoms with van der Waals surface area (Å²) in [5.74, 6) is 0. The van der Waals surface area contributed by atoms with E-state index in [0.29, 0.717) is 12.1 Å². The van der Waals surface area contributed by atoms with E-state index in [1.165, 1.54) is 48.8 Å². The van der Waals surface area contributed by atoms with Crippen LogP contribution in [0.3, 0.4) is 0 Å². The number of unbranched alkanes of at least 4 members (excludes halogenated alkanes) is 3. The summed E-state index contributed by atoms with van der Waals surface area (Å²) in [6, 6.07) is 7.89. The van der Waals surface area contributed by atoms with Crippen LogP contribution in [0.4, 0.5) is 0 Å². The van der Waals surface area contributed by atoms with Crippen LogP contribution in [0, 0.1) is 13.8 Å². The monoisotopic (exact) mass is 261 g/mol. The molecule has 1 aromatic rings. The van der Waals surface area contributed by atoms with E-state index in [0.717, 1.165) is 0 Å². The largest absolute Gasteiger partial charge is 0.308 e. The molecule has 1 aromatic carbocycles. The maximum Gasteiger partial charge on any atom is 0.0294 e. The molecule has 0 radical (unpaired) electrons. The maximum absolute atomic E-state index is 3.73.